The number of carboxylic acids is 1. The van der Waals surface area contributed by atoms with Crippen LogP contribution in [0, 0.1) is 0 Å². The maximum Gasteiger partial charge on any atom is 0.388 e. The molecule has 0 bridgehead atoms. The third-order valence-electron chi connectivity index (χ3n) is 3.32. The van der Waals surface area contributed by atoms with Crippen LogP contribution in [0.2, 0.25) is 5.02 Å². The van der Waals surface area contributed by atoms with E-state index in [0.717, 1.165) is 0 Å². The predicted octanol–water partition coefficient (Wildman–Crippen LogP) is 3.34. The van der Waals surface area contributed by atoms with Crippen molar-refractivity contribution in [3.05, 3.63) is 59.3 Å². The molecule has 3 aromatic rings. The molecule has 0 fully saturated rings. The van der Waals surface area contributed by atoms with Crippen molar-refractivity contribution in [3.8, 4) is 17.0 Å². The van der Waals surface area contributed by atoms with Crippen LogP contribution in [0.3, 0.4) is 0 Å². The molecule has 0 amide bonds. The van der Waals surface area contributed by atoms with E-state index in [0.29, 0.717) is 21.7 Å². The van der Waals surface area contributed by atoms with Crippen molar-refractivity contribution in [2.24, 2.45) is 0 Å². The van der Waals surface area contributed by atoms with E-state index in [1.807, 2.05) is 0 Å². The van der Waals surface area contributed by atoms with Gasteiger partial charge in [-0.25, -0.2) is 19.4 Å². The highest BCUT2D eigenvalue weighted by atomic mass is 35.5. The number of carboxylic acid groups (broad SMARTS) is 1. The van der Waals surface area contributed by atoms with Crippen molar-refractivity contribution < 1.29 is 23.4 Å². The molecule has 0 spiro atoms. The number of pyridine rings is 1. The van der Waals surface area contributed by atoms with Crippen LogP contribution >= 0.6 is 11.6 Å². The molecule has 0 atom stereocenters. The minimum atomic E-state index is -3.03. The lowest BCUT2D eigenvalue weighted by molar-refractivity contribution is -0.0524. The number of aromatic carboxylic acids is 1. The van der Waals surface area contributed by atoms with Crippen molar-refractivity contribution in [2.75, 3.05) is 0 Å². The molecular weight excluding hydrogens is 370 g/mol. The Labute approximate surface area is 150 Å². The highest BCUT2D eigenvalue weighted by Gasteiger charge is 2.15. The number of nitrogens with zero attached hydrogens (tertiary/aromatic N) is 4. The molecule has 134 valence electrons. The molecule has 0 aliphatic carbocycles. The number of hydrogen-bond donors (Lipinski definition) is 1. The lowest BCUT2D eigenvalue weighted by Crippen LogP contribution is -2.07. The fraction of sp³-hybridized carbons (Fsp3) is 0.125. The Morgan fingerprint density at radius 1 is 1.31 bits per heavy atom. The van der Waals surface area contributed by atoms with Gasteiger partial charge in [0.2, 0.25) is 5.88 Å². The van der Waals surface area contributed by atoms with Crippen molar-refractivity contribution in [2.45, 2.75) is 13.2 Å². The number of alkyl halides is 2. The van der Waals surface area contributed by atoms with Gasteiger partial charge in [0.15, 0.2) is 0 Å². The van der Waals surface area contributed by atoms with Gasteiger partial charge in [0.1, 0.15) is 6.33 Å². The highest BCUT2D eigenvalue weighted by Crippen LogP contribution is 2.31. The van der Waals surface area contributed by atoms with E-state index in [1.54, 1.807) is 30.3 Å². The Morgan fingerprint density at radius 3 is 2.77 bits per heavy atom. The minimum Gasteiger partial charge on any atom is -0.475 e. The first-order valence-corrected chi connectivity index (χ1v) is 7.62. The van der Waals surface area contributed by atoms with Gasteiger partial charge in [0, 0.05) is 16.8 Å². The first-order valence-electron chi connectivity index (χ1n) is 7.25. The average molecular weight is 381 g/mol. The Hall–Kier alpha value is -3.07. The largest absolute Gasteiger partial charge is 0.475 e. The van der Waals surface area contributed by atoms with E-state index in [-0.39, 0.29) is 18.2 Å². The maximum atomic E-state index is 12.7. The monoisotopic (exact) mass is 380 g/mol. The lowest BCUT2D eigenvalue weighted by Gasteiger charge is -2.12. The Kier molecular flexibility index (Phi) is 5.08. The van der Waals surface area contributed by atoms with Gasteiger partial charge in [0.25, 0.3) is 5.82 Å². The Bertz CT molecular complexity index is 949. The second kappa shape index (κ2) is 7.44. The molecule has 0 unspecified atom stereocenters. The summed E-state index contributed by atoms with van der Waals surface area (Å²) in [7, 11) is 0. The van der Waals surface area contributed by atoms with Crippen LogP contribution in [-0.4, -0.2) is 37.4 Å². The number of aromatic nitrogens is 4. The lowest BCUT2D eigenvalue weighted by atomic mass is 10.1. The molecule has 2 heterocycles. The van der Waals surface area contributed by atoms with E-state index in [1.165, 1.54) is 17.2 Å². The zero-order chi connectivity index (χ0) is 18.7. The topological polar surface area (TPSA) is 90.1 Å². The van der Waals surface area contributed by atoms with Gasteiger partial charge in [-0.2, -0.15) is 8.78 Å². The van der Waals surface area contributed by atoms with Crippen molar-refractivity contribution in [1.82, 2.24) is 19.7 Å². The maximum absolute atomic E-state index is 12.7. The van der Waals surface area contributed by atoms with Gasteiger partial charge in [0.05, 0.1) is 6.54 Å². The Balaban J connectivity index is 1.97. The molecule has 1 aromatic carbocycles. The molecular formula is C16H11ClF2N4O3. The van der Waals surface area contributed by atoms with Gasteiger partial charge < -0.3 is 9.84 Å². The average Bonchev–Trinajstić information content (AvgIpc) is 3.04. The molecule has 0 saturated heterocycles. The first kappa shape index (κ1) is 17.7. The molecule has 3 rings (SSSR count). The number of hydrogen-bond acceptors (Lipinski definition) is 5. The standard InChI is InChI=1S/C16H11ClF2N4O3/c17-11-3-1-2-10(5-11)12-4-9(6-20-14(12)26-16(18)19)7-23-8-21-13(22-23)15(24)25/h1-6,8,16H,7H2,(H,24,25). The summed E-state index contributed by atoms with van der Waals surface area (Å²) in [4.78, 5) is 18.4. The molecule has 10 heteroatoms. The van der Waals surface area contributed by atoms with Crippen LogP contribution in [-0.2, 0) is 6.54 Å². The second-order valence-corrected chi connectivity index (χ2v) is 5.59. The minimum absolute atomic E-state index is 0.149. The van der Waals surface area contributed by atoms with E-state index in [2.05, 4.69) is 19.8 Å². The molecule has 0 aliphatic rings. The molecule has 7 nitrogen and oxygen atoms in total. The fourth-order valence-electron chi connectivity index (χ4n) is 2.28. The van der Waals surface area contributed by atoms with E-state index < -0.39 is 12.6 Å². The number of carbonyl (C=O) groups is 1. The van der Waals surface area contributed by atoms with Gasteiger partial charge in [-0.05, 0) is 29.3 Å². The normalized spacial score (nSPS) is 10.9. The molecule has 0 saturated carbocycles. The van der Waals surface area contributed by atoms with E-state index >= 15 is 0 Å². The zero-order valence-corrected chi connectivity index (χ0v) is 13.8. The molecule has 2 aromatic heterocycles. The predicted molar refractivity (Wildman–Crippen MR) is 87.4 cm³/mol. The summed E-state index contributed by atoms with van der Waals surface area (Å²) in [5, 5.41) is 13.1. The molecule has 0 aliphatic heterocycles. The van der Waals surface area contributed by atoms with Crippen LogP contribution in [0.1, 0.15) is 16.2 Å². The third-order valence-corrected chi connectivity index (χ3v) is 3.55. The summed E-state index contributed by atoms with van der Waals surface area (Å²) >= 11 is 5.97. The number of benzene rings is 1. The first-order chi connectivity index (χ1) is 12.4. The fourth-order valence-corrected chi connectivity index (χ4v) is 2.47. The number of rotatable bonds is 6. The summed E-state index contributed by atoms with van der Waals surface area (Å²) < 4.78 is 31.1. The summed E-state index contributed by atoms with van der Waals surface area (Å²) in [6.45, 7) is -2.88. The smallest absolute Gasteiger partial charge is 0.388 e. The van der Waals surface area contributed by atoms with Gasteiger partial charge >= 0.3 is 12.6 Å². The SMILES string of the molecule is O=C(O)c1ncn(Cc2cnc(OC(F)F)c(-c3cccc(Cl)c3)c2)n1. The number of halogens is 3. The van der Waals surface area contributed by atoms with Crippen molar-refractivity contribution >= 4 is 17.6 Å². The van der Waals surface area contributed by atoms with Crippen molar-refractivity contribution in [3.63, 3.8) is 0 Å². The van der Waals surface area contributed by atoms with Crippen LogP contribution in [0.5, 0.6) is 5.88 Å². The quantitative estimate of drug-likeness (QED) is 0.705. The van der Waals surface area contributed by atoms with Crippen LogP contribution < -0.4 is 4.74 Å². The second-order valence-electron chi connectivity index (χ2n) is 5.16. The number of ether oxygens (including phenoxy) is 1. The van der Waals surface area contributed by atoms with Gasteiger partial charge in [-0.15, -0.1) is 5.10 Å². The molecule has 26 heavy (non-hydrogen) atoms. The highest BCUT2D eigenvalue weighted by molar-refractivity contribution is 6.30. The van der Waals surface area contributed by atoms with E-state index in [9.17, 15) is 13.6 Å². The van der Waals surface area contributed by atoms with Gasteiger partial charge in [-0.1, -0.05) is 23.7 Å². The van der Waals surface area contributed by atoms with Crippen molar-refractivity contribution in [1.29, 1.82) is 0 Å². The zero-order valence-electron chi connectivity index (χ0n) is 13.0. The molecule has 1 N–H and O–H groups in total. The Morgan fingerprint density at radius 2 is 2.12 bits per heavy atom. The summed E-state index contributed by atoms with van der Waals surface area (Å²) in [6.07, 6.45) is 2.60. The van der Waals surface area contributed by atoms with Gasteiger partial charge in [-0.3, -0.25) is 0 Å². The summed E-state index contributed by atoms with van der Waals surface area (Å²) in [5.41, 5.74) is 1.46. The van der Waals surface area contributed by atoms with Crippen LogP contribution in [0.4, 0.5) is 8.78 Å². The summed E-state index contributed by atoms with van der Waals surface area (Å²) in [5.74, 6) is -1.83. The van der Waals surface area contributed by atoms with Crippen LogP contribution in [0.25, 0.3) is 11.1 Å². The van der Waals surface area contributed by atoms with E-state index in [4.69, 9.17) is 16.7 Å². The van der Waals surface area contributed by atoms with Crippen LogP contribution in [0.15, 0.2) is 42.9 Å². The summed E-state index contributed by atoms with van der Waals surface area (Å²) in [6, 6.07) is 8.20. The molecule has 0 radical (unpaired) electrons. The third kappa shape index (κ3) is 4.12.